The van der Waals surface area contributed by atoms with Crippen LogP contribution in [0.3, 0.4) is 0 Å². The molecular formula is C23H20Cl2N2O4S. The third-order valence-corrected chi connectivity index (χ3v) is 7.25. The number of aliphatic carboxylic acids is 1. The zero-order valence-electron chi connectivity index (χ0n) is 17.1. The number of unbranched alkanes of at least 4 members (excludes halogenated alkanes) is 1. The molecule has 0 bridgehead atoms. The van der Waals surface area contributed by atoms with Crippen LogP contribution < -0.4 is 4.31 Å². The standard InChI is InChI=1S/C23H20Cl2N2O4S/c1-2-3-4-22(23(28)29)27(32(30,31)21-12-18(24)11-19(25)13-21)20-8-7-16-9-15(14-26)5-6-17(16)10-20/h5-13,22H,2-4H2,1H3,(H,28,29). The highest BCUT2D eigenvalue weighted by atomic mass is 35.5. The third kappa shape index (κ3) is 4.99. The molecule has 166 valence electrons. The van der Waals surface area contributed by atoms with Crippen molar-refractivity contribution in [2.24, 2.45) is 0 Å². The lowest BCUT2D eigenvalue weighted by atomic mass is 10.1. The minimum atomic E-state index is -4.32. The summed E-state index contributed by atoms with van der Waals surface area (Å²) >= 11 is 12.1. The van der Waals surface area contributed by atoms with Crippen molar-refractivity contribution >= 4 is 55.7 Å². The first-order chi connectivity index (χ1) is 15.2. The van der Waals surface area contributed by atoms with Crippen molar-refractivity contribution in [3.8, 4) is 6.07 Å². The number of rotatable bonds is 8. The van der Waals surface area contributed by atoms with E-state index in [1.54, 1.807) is 30.3 Å². The second kappa shape index (κ2) is 9.78. The van der Waals surface area contributed by atoms with E-state index in [1.807, 2.05) is 6.92 Å². The van der Waals surface area contributed by atoms with Crippen LogP contribution >= 0.6 is 23.2 Å². The minimum absolute atomic E-state index is 0.124. The summed E-state index contributed by atoms with van der Waals surface area (Å²) in [5, 5.41) is 20.7. The quantitative estimate of drug-likeness (QED) is 0.426. The Morgan fingerprint density at radius 1 is 1.06 bits per heavy atom. The monoisotopic (exact) mass is 490 g/mol. The number of halogens is 2. The van der Waals surface area contributed by atoms with Gasteiger partial charge in [0.2, 0.25) is 0 Å². The molecule has 9 heteroatoms. The van der Waals surface area contributed by atoms with Crippen LogP contribution in [0.25, 0.3) is 10.8 Å². The predicted octanol–water partition coefficient (Wildman–Crippen LogP) is 5.86. The van der Waals surface area contributed by atoms with Gasteiger partial charge in [-0.3, -0.25) is 4.31 Å². The van der Waals surface area contributed by atoms with Crippen LogP contribution in [0, 0.1) is 11.3 Å². The normalized spacial score (nSPS) is 12.3. The third-order valence-electron chi connectivity index (χ3n) is 5.00. The molecule has 0 spiro atoms. The Balaban J connectivity index is 2.23. The highest BCUT2D eigenvalue weighted by Crippen LogP contribution is 2.33. The fraction of sp³-hybridized carbons (Fsp3) is 0.217. The van der Waals surface area contributed by atoms with Gasteiger partial charge in [-0.1, -0.05) is 55.1 Å². The molecule has 0 aliphatic carbocycles. The zero-order chi connectivity index (χ0) is 23.5. The molecule has 0 fully saturated rings. The maximum atomic E-state index is 13.7. The van der Waals surface area contributed by atoms with Gasteiger partial charge in [-0.25, -0.2) is 13.2 Å². The molecule has 1 atom stereocenters. The Morgan fingerprint density at radius 3 is 2.28 bits per heavy atom. The Labute approximate surface area is 196 Å². The number of sulfonamides is 1. The predicted molar refractivity (Wildman–Crippen MR) is 126 cm³/mol. The maximum Gasteiger partial charge on any atom is 0.327 e. The van der Waals surface area contributed by atoms with Crippen molar-refractivity contribution in [3.63, 3.8) is 0 Å². The largest absolute Gasteiger partial charge is 0.480 e. The molecular weight excluding hydrogens is 471 g/mol. The Hall–Kier alpha value is -2.79. The summed E-state index contributed by atoms with van der Waals surface area (Å²) < 4.78 is 28.3. The fourth-order valence-corrected chi connectivity index (χ4v) is 5.81. The number of carbonyl (C=O) groups is 1. The molecule has 6 nitrogen and oxygen atoms in total. The molecule has 1 unspecified atom stereocenters. The van der Waals surface area contributed by atoms with Crippen molar-refractivity contribution in [2.75, 3.05) is 4.31 Å². The van der Waals surface area contributed by atoms with E-state index in [0.717, 1.165) is 9.69 Å². The average Bonchev–Trinajstić information content (AvgIpc) is 2.74. The number of carboxylic acid groups (broad SMARTS) is 1. The van der Waals surface area contributed by atoms with Gasteiger partial charge in [0.15, 0.2) is 0 Å². The van der Waals surface area contributed by atoms with Crippen LogP contribution in [0.2, 0.25) is 10.0 Å². The SMILES string of the molecule is CCCCC(C(=O)O)N(c1ccc2cc(C#N)ccc2c1)S(=O)(=O)c1cc(Cl)cc(Cl)c1. The van der Waals surface area contributed by atoms with E-state index in [-0.39, 0.29) is 27.0 Å². The molecule has 0 amide bonds. The van der Waals surface area contributed by atoms with Crippen LogP contribution in [0.5, 0.6) is 0 Å². The van der Waals surface area contributed by atoms with E-state index in [0.29, 0.717) is 23.8 Å². The first-order valence-corrected chi connectivity index (χ1v) is 12.0. The summed E-state index contributed by atoms with van der Waals surface area (Å²) in [4.78, 5) is 12.0. The maximum absolute atomic E-state index is 13.7. The fourth-order valence-electron chi connectivity index (χ4n) is 3.46. The molecule has 0 saturated carbocycles. The summed E-state index contributed by atoms with van der Waals surface area (Å²) in [6, 6.07) is 14.4. The number of nitriles is 1. The van der Waals surface area contributed by atoms with Crippen molar-refractivity contribution in [3.05, 3.63) is 70.2 Å². The summed E-state index contributed by atoms with van der Waals surface area (Å²) in [5.41, 5.74) is 0.663. The molecule has 0 heterocycles. The zero-order valence-corrected chi connectivity index (χ0v) is 19.5. The van der Waals surface area contributed by atoms with Crippen molar-refractivity contribution in [1.29, 1.82) is 5.26 Å². The van der Waals surface area contributed by atoms with E-state index in [9.17, 15) is 18.3 Å². The van der Waals surface area contributed by atoms with Gasteiger partial charge >= 0.3 is 5.97 Å². The van der Waals surface area contributed by atoms with Crippen LogP contribution in [0.1, 0.15) is 31.7 Å². The first-order valence-electron chi connectivity index (χ1n) is 9.84. The second-order valence-electron chi connectivity index (χ2n) is 7.26. The van der Waals surface area contributed by atoms with E-state index in [2.05, 4.69) is 6.07 Å². The smallest absolute Gasteiger partial charge is 0.327 e. The van der Waals surface area contributed by atoms with E-state index < -0.39 is 22.0 Å². The average molecular weight is 491 g/mol. The summed E-state index contributed by atoms with van der Waals surface area (Å²) in [6.07, 6.45) is 1.36. The van der Waals surface area contributed by atoms with Gasteiger partial charge in [0.1, 0.15) is 6.04 Å². The molecule has 32 heavy (non-hydrogen) atoms. The molecule has 0 aliphatic heterocycles. The van der Waals surface area contributed by atoms with E-state index in [1.165, 1.54) is 24.3 Å². The van der Waals surface area contributed by atoms with Gasteiger partial charge in [-0.15, -0.1) is 0 Å². The van der Waals surface area contributed by atoms with Crippen LogP contribution in [0.4, 0.5) is 5.69 Å². The van der Waals surface area contributed by atoms with Gasteiger partial charge < -0.3 is 5.11 Å². The van der Waals surface area contributed by atoms with Crippen molar-refractivity contribution in [2.45, 2.75) is 37.1 Å². The number of fused-ring (bicyclic) bond motifs is 1. The molecule has 3 aromatic rings. The number of carboxylic acids is 1. The molecule has 3 rings (SSSR count). The molecule has 0 saturated heterocycles. The lowest BCUT2D eigenvalue weighted by Gasteiger charge is -2.30. The Kier molecular flexibility index (Phi) is 7.29. The molecule has 1 N–H and O–H groups in total. The number of anilines is 1. The number of hydrogen-bond donors (Lipinski definition) is 1. The van der Waals surface area contributed by atoms with Crippen LogP contribution in [-0.2, 0) is 14.8 Å². The van der Waals surface area contributed by atoms with Gasteiger partial charge in [0.25, 0.3) is 10.0 Å². The van der Waals surface area contributed by atoms with Gasteiger partial charge in [0, 0.05) is 10.0 Å². The summed E-state index contributed by atoms with van der Waals surface area (Å²) in [5.74, 6) is -1.25. The summed E-state index contributed by atoms with van der Waals surface area (Å²) in [6.45, 7) is 1.90. The van der Waals surface area contributed by atoms with E-state index in [4.69, 9.17) is 28.5 Å². The molecule has 0 aromatic heterocycles. The van der Waals surface area contributed by atoms with E-state index >= 15 is 0 Å². The van der Waals surface area contributed by atoms with Gasteiger partial charge in [-0.2, -0.15) is 5.26 Å². The number of nitrogens with zero attached hydrogens (tertiary/aromatic N) is 2. The Morgan fingerprint density at radius 2 is 1.69 bits per heavy atom. The lowest BCUT2D eigenvalue weighted by Crippen LogP contribution is -2.45. The van der Waals surface area contributed by atoms with Crippen molar-refractivity contribution < 1.29 is 18.3 Å². The minimum Gasteiger partial charge on any atom is -0.480 e. The first kappa shape index (κ1) is 23.9. The summed E-state index contributed by atoms with van der Waals surface area (Å²) in [7, 11) is -4.32. The van der Waals surface area contributed by atoms with Crippen LogP contribution in [-0.4, -0.2) is 25.5 Å². The number of hydrogen-bond acceptors (Lipinski definition) is 4. The lowest BCUT2D eigenvalue weighted by molar-refractivity contribution is -0.138. The topological polar surface area (TPSA) is 98.5 Å². The molecule has 0 radical (unpaired) electrons. The van der Waals surface area contributed by atoms with Crippen molar-refractivity contribution in [1.82, 2.24) is 0 Å². The Bertz CT molecular complexity index is 1300. The molecule has 3 aromatic carbocycles. The number of benzene rings is 3. The van der Waals surface area contributed by atoms with Gasteiger partial charge in [-0.05, 0) is 59.7 Å². The second-order valence-corrected chi connectivity index (χ2v) is 9.95. The highest BCUT2D eigenvalue weighted by molar-refractivity contribution is 7.93. The van der Waals surface area contributed by atoms with Gasteiger partial charge in [0.05, 0.1) is 22.2 Å². The van der Waals surface area contributed by atoms with Crippen LogP contribution in [0.15, 0.2) is 59.5 Å². The molecule has 0 aliphatic rings. The highest BCUT2D eigenvalue weighted by Gasteiger charge is 2.36.